The highest BCUT2D eigenvalue weighted by molar-refractivity contribution is 5.82. The van der Waals surface area contributed by atoms with Gasteiger partial charge in [-0.25, -0.2) is 0 Å². The van der Waals surface area contributed by atoms with Gasteiger partial charge in [-0.1, -0.05) is 0 Å². The Hall–Kier alpha value is -1.33. The number of furan rings is 1. The van der Waals surface area contributed by atoms with E-state index in [2.05, 4.69) is 5.32 Å². The molecule has 1 aliphatic carbocycles. The first-order valence-electron chi connectivity index (χ1n) is 6.32. The molecule has 1 saturated carbocycles. The van der Waals surface area contributed by atoms with Crippen molar-refractivity contribution < 1.29 is 19.1 Å². The summed E-state index contributed by atoms with van der Waals surface area (Å²) in [5, 5.41) is 11.4. The van der Waals surface area contributed by atoms with E-state index >= 15 is 0 Å². The maximum absolute atomic E-state index is 11.8. The third-order valence-electron chi connectivity index (χ3n) is 3.04. The van der Waals surface area contributed by atoms with Crippen molar-refractivity contribution in [3.63, 3.8) is 0 Å². The van der Waals surface area contributed by atoms with Crippen molar-refractivity contribution in [2.45, 2.75) is 18.8 Å². The number of aliphatic hydroxyl groups excluding tert-OH is 1. The van der Waals surface area contributed by atoms with Crippen molar-refractivity contribution in [2.24, 2.45) is 5.92 Å². The number of rotatable bonds is 8. The molecule has 0 bridgehead atoms. The highest BCUT2D eigenvalue weighted by Gasteiger charge is 2.45. The first kappa shape index (κ1) is 13.1. The van der Waals surface area contributed by atoms with E-state index in [-0.39, 0.29) is 24.3 Å². The summed E-state index contributed by atoms with van der Waals surface area (Å²) in [6, 6.07) is 3.77. The molecular weight excluding hydrogens is 234 g/mol. The zero-order valence-electron chi connectivity index (χ0n) is 10.3. The molecule has 1 amide bonds. The van der Waals surface area contributed by atoms with Crippen LogP contribution in [-0.4, -0.2) is 37.4 Å². The molecule has 5 nitrogen and oxygen atoms in total. The topological polar surface area (TPSA) is 71.7 Å². The molecule has 18 heavy (non-hydrogen) atoms. The van der Waals surface area contributed by atoms with Gasteiger partial charge >= 0.3 is 0 Å². The summed E-state index contributed by atoms with van der Waals surface area (Å²) < 4.78 is 10.4. The maximum Gasteiger partial charge on any atom is 0.223 e. The van der Waals surface area contributed by atoms with Crippen LogP contribution in [0, 0.1) is 5.92 Å². The smallest absolute Gasteiger partial charge is 0.223 e. The van der Waals surface area contributed by atoms with Gasteiger partial charge in [0.25, 0.3) is 0 Å². The van der Waals surface area contributed by atoms with E-state index in [9.17, 15) is 4.79 Å². The lowest BCUT2D eigenvalue weighted by Gasteiger charge is -2.05. The quantitative estimate of drug-likeness (QED) is 0.675. The zero-order chi connectivity index (χ0) is 12.8. The van der Waals surface area contributed by atoms with Gasteiger partial charge in [0.2, 0.25) is 5.91 Å². The Balaban J connectivity index is 1.57. The van der Waals surface area contributed by atoms with Crippen molar-refractivity contribution in [3.8, 4) is 0 Å². The number of nitrogens with one attached hydrogen (secondary N) is 1. The van der Waals surface area contributed by atoms with Gasteiger partial charge in [-0.3, -0.25) is 4.79 Å². The molecule has 1 aliphatic rings. The van der Waals surface area contributed by atoms with Crippen molar-refractivity contribution in [3.05, 3.63) is 24.2 Å². The standard InChI is InChI=1S/C13H19NO4/c15-5-8-17-6-2-4-14-13(16)11-9-10(11)12-3-1-7-18-12/h1,3,7,10-11,15H,2,4-6,8-9H2,(H,14,16). The molecular formula is C13H19NO4. The third-order valence-corrected chi connectivity index (χ3v) is 3.04. The first-order chi connectivity index (χ1) is 8.83. The summed E-state index contributed by atoms with van der Waals surface area (Å²) in [6.45, 7) is 1.58. The second-order valence-corrected chi connectivity index (χ2v) is 4.44. The van der Waals surface area contributed by atoms with Crippen molar-refractivity contribution in [1.29, 1.82) is 0 Å². The van der Waals surface area contributed by atoms with E-state index in [0.29, 0.717) is 19.8 Å². The molecule has 1 heterocycles. The molecule has 2 N–H and O–H groups in total. The molecule has 0 aliphatic heterocycles. The highest BCUT2D eigenvalue weighted by atomic mass is 16.5. The Kier molecular flexibility index (Phi) is 4.78. The Labute approximate surface area is 106 Å². The number of hydrogen-bond donors (Lipinski definition) is 2. The Bertz CT molecular complexity index is 363. The van der Waals surface area contributed by atoms with Gasteiger partial charge in [0.1, 0.15) is 5.76 Å². The second kappa shape index (κ2) is 6.56. The summed E-state index contributed by atoms with van der Waals surface area (Å²) in [7, 11) is 0. The third kappa shape index (κ3) is 3.58. The van der Waals surface area contributed by atoms with Gasteiger partial charge in [-0.15, -0.1) is 0 Å². The minimum atomic E-state index is 0.0409. The van der Waals surface area contributed by atoms with Gasteiger partial charge in [-0.2, -0.15) is 0 Å². The summed E-state index contributed by atoms with van der Waals surface area (Å²) in [6.07, 6.45) is 3.28. The molecule has 1 fully saturated rings. The van der Waals surface area contributed by atoms with E-state index in [4.69, 9.17) is 14.3 Å². The van der Waals surface area contributed by atoms with Crippen molar-refractivity contribution >= 4 is 5.91 Å². The van der Waals surface area contributed by atoms with Gasteiger partial charge in [0.15, 0.2) is 0 Å². The maximum atomic E-state index is 11.8. The Morgan fingerprint density at radius 2 is 2.44 bits per heavy atom. The number of amides is 1. The largest absolute Gasteiger partial charge is 0.469 e. The van der Waals surface area contributed by atoms with Crippen LogP contribution in [0.4, 0.5) is 0 Å². The minimum Gasteiger partial charge on any atom is -0.469 e. The Morgan fingerprint density at radius 3 is 3.17 bits per heavy atom. The van der Waals surface area contributed by atoms with Crippen molar-refractivity contribution in [1.82, 2.24) is 5.32 Å². The fourth-order valence-corrected chi connectivity index (χ4v) is 1.98. The first-order valence-corrected chi connectivity index (χ1v) is 6.32. The monoisotopic (exact) mass is 253 g/mol. The van der Waals surface area contributed by atoms with Gasteiger partial charge in [0.05, 0.1) is 19.5 Å². The van der Waals surface area contributed by atoms with Crippen LogP contribution >= 0.6 is 0 Å². The van der Waals surface area contributed by atoms with Crippen LogP contribution in [0.5, 0.6) is 0 Å². The predicted molar refractivity (Wildman–Crippen MR) is 65.1 cm³/mol. The van der Waals surface area contributed by atoms with E-state index in [0.717, 1.165) is 18.6 Å². The van der Waals surface area contributed by atoms with Crippen LogP contribution in [0.2, 0.25) is 0 Å². The van der Waals surface area contributed by atoms with Crippen LogP contribution in [0.3, 0.4) is 0 Å². The molecule has 0 spiro atoms. The number of carbonyl (C=O) groups excluding carboxylic acids is 1. The van der Waals surface area contributed by atoms with E-state index in [1.807, 2.05) is 12.1 Å². The van der Waals surface area contributed by atoms with Gasteiger partial charge in [-0.05, 0) is 25.0 Å². The zero-order valence-corrected chi connectivity index (χ0v) is 10.3. The lowest BCUT2D eigenvalue weighted by atomic mass is 10.2. The summed E-state index contributed by atoms with van der Waals surface area (Å²) in [5.41, 5.74) is 0. The molecule has 100 valence electrons. The lowest BCUT2D eigenvalue weighted by Crippen LogP contribution is -2.27. The average molecular weight is 253 g/mol. The molecule has 1 aromatic heterocycles. The van der Waals surface area contributed by atoms with Gasteiger partial charge in [0, 0.05) is 25.0 Å². The number of carbonyl (C=O) groups is 1. The second-order valence-electron chi connectivity index (χ2n) is 4.44. The SMILES string of the molecule is O=C(NCCCOCCO)C1CC1c1ccco1. The van der Waals surface area contributed by atoms with Gasteiger partial charge < -0.3 is 19.6 Å². The van der Waals surface area contributed by atoms with Crippen molar-refractivity contribution in [2.75, 3.05) is 26.4 Å². The lowest BCUT2D eigenvalue weighted by molar-refractivity contribution is -0.122. The average Bonchev–Trinajstić information content (AvgIpc) is 3.00. The minimum absolute atomic E-state index is 0.0409. The van der Waals surface area contributed by atoms with E-state index in [1.54, 1.807) is 6.26 Å². The van der Waals surface area contributed by atoms with E-state index in [1.165, 1.54) is 0 Å². The summed E-state index contributed by atoms with van der Waals surface area (Å²) in [5.74, 6) is 1.32. The normalized spacial score (nSPS) is 21.8. The molecule has 2 rings (SSSR count). The highest BCUT2D eigenvalue weighted by Crippen LogP contribution is 2.47. The fourth-order valence-electron chi connectivity index (χ4n) is 1.98. The van der Waals surface area contributed by atoms with Crippen LogP contribution in [0.15, 0.2) is 22.8 Å². The molecule has 0 radical (unpaired) electrons. The molecule has 5 heteroatoms. The number of hydrogen-bond acceptors (Lipinski definition) is 4. The summed E-state index contributed by atoms with van der Waals surface area (Å²) >= 11 is 0. The molecule has 0 aromatic carbocycles. The Morgan fingerprint density at radius 1 is 1.56 bits per heavy atom. The van der Waals surface area contributed by atoms with Crippen LogP contribution in [-0.2, 0) is 9.53 Å². The number of aliphatic hydroxyl groups is 1. The molecule has 1 aromatic rings. The summed E-state index contributed by atoms with van der Waals surface area (Å²) in [4.78, 5) is 11.8. The molecule has 2 atom stereocenters. The van der Waals surface area contributed by atoms with Crippen LogP contribution < -0.4 is 5.32 Å². The van der Waals surface area contributed by atoms with Crippen LogP contribution in [0.25, 0.3) is 0 Å². The predicted octanol–water partition coefficient (Wildman–Crippen LogP) is 0.898. The van der Waals surface area contributed by atoms with E-state index < -0.39 is 0 Å². The fraction of sp³-hybridized carbons (Fsp3) is 0.615. The number of ether oxygens (including phenoxy) is 1. The molecule has 0 saturated heterocycles. The molecule has 2 unspecified atom stereocenters. The van der Waals surface area contributed by atoms with Crippen LogP contribution in [0.1, 0.15) is 24.5 Å².